The number of amides is 1. The highest BCUT2D eigenvalue weighted by Gasteiger charge is 2.51. The molecule has 106 valence electrons. The Bertz CT molecular complexity index is 683. The number of aliphatic carboxylic acids is 1. The Morgan fingerprint density at radius 2 is 2.24 bits per heavy atom. The fraction of sp³-hybridized carbons (Fsp3) is 0.143. The lowest BCUT2D eigenvalue weighted by Gasteiger charge is -2.47. The SMILES string of the molecule is O=CC1=CS[C@H]2C(=Cc3ccccn3)C(=O)N2C1C(=O)O. The zero-order chi connectivity index (χ0) is 15.0. The smallest absolute Gasteiger partial charge is 0.331 e. The Morgan fingerprint density at radius 1 is 1.43 bits per heavy atom. The van der Waals surface area contributed by atoms with Crippen molar-refractivity contribution in [2.45, 2.75) is 11.4 Å². The first-order chi connectivity index (χ1) is 10.1. The molecular weight excluding hydrogens is 292 g/mol. The molecule has 0 saturated carbocycles. The molecule has 1 fully saturated rings. The van der Waals surface area contributed by atoms with Gasteiger partial charge in [-0.05, 0) is 23.6 Å². The van der Waals surface area contributed by atoms with Crippen LogP contribution in [0.5, 0.6) is 0 Å². The number of carbonyl (C=O) groups excluding carboxylic acids is 2. The molecule has 0 radical (unpaired) electrons. The van der Waals surface area contributed by atoms with E-state index in [1.165, 1.54) is 22.1 Å². The summed E-state index contributed by atoms with van der Waals surface area (Å²) in [6, 6.07) is 4.13. The molecule has 1 N–H and O–H groups in total. The first-order valence-corrected chi connectivity index (χ1v) is 7.06. The maximum absolute atomic E-state index is 12.2. The van der Waals surface area contributed by atoms with E-state index in [9.17, 15) is 19.5 Å². The van der Waals surface area contributed by atoms with Crippen LogP contribution in [0.25, 0.3) is 6.08 Å². The van der Waals surface area contributed by atoms with Gasteiger partial charge in [-0.1, -0.05) is 6.07 Å². The minimum absolute atomic E-state index is 0.0917. The fourth-order valence-corrected chi connectivity index (χ4v) is 3.45. The van der Waals surface area contributed by atoms with E-state index in [1.54, 1.807) is 30.5 Å². The molecule has 0 aromatic carbocycles. The average molecular weight is 302 g/mol. The van der Waals surface area contributed by atoms with E-state index in [1.807, 2.05) is 0 Å². The van der Waals surface area contributed by atoms with E-state index in [0.29, 0.717) is 17.6 Å². The number of thioether (sulfide) groups is 1. The minimum Gasteiger partial charge on any atom is -0.479 e. The van der Waals surface area contributed by atoms with E-state index >= 15 is 0 Å². The summed E-state index contributed by atoms with van der Waals surface area (Å²) in [7, 11) is 0. The van der Waals surface area contributed by atoms with Gasteiger partial charge in [-0.3, -0.25) is 14.6 Å². The predicted octanol–water partition coefficient (Wildman–Crippen LogP) is 0.916. The molecule has 21 heavy (non-hydrogen) atoms. The summed E-state index contributed by atoms with van der Waals surface area (Å²) in [5.74, 6) is -1.58. The molecule has 2 aliphatic rings. The molecular formula is C14H10N2O4S. The topological polar surface area (TPSA) is 87.6 Å². The van der Waals surface area contributed by atoms with Crippen LogP contribution in [0.4, 0.5) is 0 Å². The van der Waals surface area contributed by atoms with Crippen molar-refractivity contribution < 1.29 is 19.5 Å². The Balaban J connectivity index is 1.94. The number of rotatable bonds is 3. The lowest BCUT2D eigenvalue weighted by molar-refractivity contribution is -0.151. The zero-order valence-electron chi connectivity index (χ0n) is 10.7. The number of pyridine rings is 1. The van der Waals surface area contributed by atoms with Crippen molar-refractivity contribution in [2.75, 3.05) is 0 Å². The van der Waals surface area contributed by atoms with E-state index in [4.69, 9.17) is 0 Å². The van der Waals surface area contributed by atoms with Crippen LogP contribution in [0.15, 0.2) is 41.0 Å². The summed E-state index contributed by atoms with van der Waals surface area (Å²) >= 11 is 1.25. The first kappa shape index (κ1) is 13.6. The standard InChI is InChI=1S/C14H10N2O4S/c17-6-8-7-21-13-10(5-9-3-1-2-4-15-9)12(18)16(13)11(8)14(19)20/h1-7,11,13H,(H,19,20)/t11?,13-/m0/s1. The number of carboxylic acids is 1. The largest absolute Gasteiger partial charge is 0.479 e. The van der Waals surface area contributed by atoms with Gasteiger partial charge in [-0.2, -0.15) is 0 Å². The van der Waals surface area contributed by atoms with Gasteiger partial charge in [-0.15, -0.1) is 11.8 Å². The summed E-state index contributed by atoms with van der Waals surface area (Å²) in [6.07, 6.45) is 3.75. The minimum atomic E-state index is -1.21. The van der Waals surface area contributed by atoms with Crippen molar-refractivity contribution in [3.63, 3.8) is 0 Å². The quantitative estimate of drug-likeness (QED) is 0.507. The number of aromatic nitrogens is 1. The van der Waals surface area contributed by atoms with Crippen LogP contribution < -0.4 is 0 Å². The number of carbonyl (C=O) groups is 3. The second-order valence-corrected chi connectivity index (χ2v) is 5.49. The molecule has 1 aromatic heterocycles. The Kier molecular flexibility index (Phi) is 3.34. The Hall–Kier alpha value is -2.41. The van der Waals surface area contributed by atoms with Gasteiger partial charge in [0.2, 0.25) is 0 Å². The van der Waals surface area contributed by atoms with E-state index in [-0.39, 0.29) is 16.9 Å². The summed E-state index contributed by atoms with van der Waals surface area (Å²) in [6.45, 7) is 0. The van der Waals surface area contributed by atoms with Crippen LogP contribution in [0.1, 0.15) is 5.69 Å². The highest BCUT2D eigenvalue weighted by atomic mass is 32.2. The normalized spacial score (nSPS) is 25.9. The molecule has 0 spiro atoms. The van der Waals surface area contributed by atoms with Crippen LogP contribution in [0, 0.1) is 0 Å². The monoisotopic (exact) mass is 302 g/mol. The predicted molar refractivity (Wildman–Crippen MR) is 76.0 cm³/mol. The Labute approximate surface area is 124 Å². The number of fused-ring (bicyclic) bond motifs is 1. The number of β-lactam (4-membered cyclic amide) rings is 1. The molecule has 7 heteroatoms. The fourth-order valence-electron chi connectivity index (χ4n) is 2.31. The van der Waals surface area contributed by atoms with Gasteiger partial charge in [0.15, 0.2) is 6.04 Å². The van der Waals surface area contributed by atoms with Crippen LogP contribution >= 0.6 is 11.8 Å². The van der Waals surface area contributed by atoms with Crippen LogP contribution in [0.3, 0.4) is 0 Å². The lowest BCUT2D eigenvalue weighted by Crippen LogP contribution is -2.62. The highest BCUT2D eigenvalue weighted by molar-refractivity contribution is 8.03. The number of hydrogen-bond donors (Lipinski definition) is 1. The molecule has 6 nitrogen and oxygen atoms in total. The van der Waals surface area contributed by atoms with E-state index in [2.05, 4.69) is 4.98 Å². The first-order valence-electron chi connectivity index (χ1n) is 6.12. The van der Waals surface area contributed by atoms with Gasteiger partial charge in [0.25, 0.3) is 5.91 Å². The summed E-state index contributed by atoms with van der Waals surface area (Å²) in [5.41, 5.74) is 1.22. The van der Waals surface area contributed by atoms with Crippen molar-refractivity contribution >= 4 is 36.0 Å². The van der Waals surface area contributed by atoms with Crippen molar-refractivity contribution in [3.05, 3.63) is 46.6 Å². The highest BCUT2D eigenvalue weighted by Crippen LogP contribution is 2.43. The number of carboxylic acid groups (broad SMARTS) is 1. The number of aldehydes is 1. The molecule has 3 heterocycles. The van der Waals surface area contributed by atoms with Crippen molar-refractivity contribution in [3.8, 4) is 0 Å². The van der Waals surface area contributed by atoms with Crippen molar-refractivity contribution in [1.82, 2.24) is 9.88 Å². The molecule has 1 saturated heterocycles. The van der Waals surface area contributed by atoms with Gasteiger partial charge in [0.1, 0.15) is 11.7 Å². The molecule has 1 unspecified atom stereocenters. The second-order valence-electron chi connectivity index (χ2n) is 4.53. The van der Waals surface area contributed by atoms with Gasteiger partial charge in [0.05, 0.1) is 11.3 Å². The zero-order valence-corrected chi connectivity index (χ0v) is 11.5. The third-order valence-corrected chi connectivity index (χ3v) is 4.44. The summed E-state index contributed by atoms with van der Waals surface area (Å²) < 4.78 is 0. The van der Waals surface area contributed by atoms with Crippen LogP contribution in [-0.2, 0) is 14.4 Å². The van der Waals surface area contributed by atoms with Gasteiger partial charge < -0.3 is 10.0 Å². The van der Waals surface area contributed by atoms with E-state index < -0.39 is 12.0 Å². The van der Waals surface area contributed by atoms with E-state index in [0.717, 1.165) is 0 Å². The van der Waals surface area contributed by atoms with Crippen molar-refractivity contribution in [1.29, 1.82) is 0 Å². The third-order valence-electron chi connectivity index (χ3n) is 3.29. The van der Waals surface area contributed by atoms with Gasteiger partial charge >= 0.3 is 5.97 Å². The van der Waals surface area contributed by atoms with Gasteiger partial charge in [0, 0.05) is 11.8 Å². The molecule has 0 aliphatic carbocycles. The van der Waals surface area contributed by atoms with Crippen LogP contribution in [-0.4, -0.2) is 44.6 Å². The molecule has 2 atom stereocenters. The summed E-state index contributed by atoms with van der Waals surface area (Å²) in [4.78, 5) is 39.7. The number of hydrogen-bond acceptors (Lipinski definition) is 5. The molecule has 0 bridgehead atoms. The molecule has 1 aromatic rings. The van der Waals surface area contributed by atoms with Crippen molar-refractivity contribution in [2.24, 2.45) is 0 Å². The molecule has 3 rings (SSSR count). The molecule has 2 aliphatic heterocycles. The second kappa shape index (κ2) is 5.17. The third kappa shape index (κ3) is 2.15. The Morgan fingerprint density at radius 3 is 2.86 bits per heavy atom. The summed E-state index contributed by atoms with van der Waals surface area (Å²) in [5, 5.41) is 10.3. The number of nitrogens with zero attached hydrogens (tertiary/aromatic N) is 2. The van der Waals surface area contributed by atoms with Gasteiger partial charge in [-0.25, -0.2) is 4.79 Å². The average Bonchev–Trinajstić information content (AvgIpc) is 2.51. The molecule has 1 amide bonds. The maximum atomic E-state index is 12.2. The van der Waals surface area contributed by atoms with Crippen LogP contribution in [0.2, 0.25) is 0 Å². The maximum Gasteiger partial charge on any atom is 0.331 e. The lowest BCUT2D eigenvalue weighted by atomic mass is 9.97.